The second-order valence-corrected chi connectivity index (χ2v) is 5.92. The van der Waals surface area contributed by atoms with E-state index in [0.29, 0.717) is 6.54 Å². The summed E-state index contributed by atoms with van der Waals surface area (Å²) in [6.07, 6.45) is 0. The van der Waals surface area contributed by atoms with Crippen LogP contribution in [0.3, 0.4) is 0 Å². The summed E-state index contributed by atoms with van der Waals surface area (Å²) in [6.45, 7) is 11.0. The van der Waals surface area contributed by atoms with E-state index in [9.17, 15) is 0 Å². The molecule has 0 aliphatic carbocycles. The van der Waals surface area contributed by atoms with Gasteiger partial charge in [0.25, 0.3) is 0 Å². The monoisotopic (exact) mass is 287 g/mol. The minimum atomic E-state index is 0.646. The van der Waals surface area contributed by atoms with Crippen LogP contribution in [0.25, 0.3) is 11.0 Å². The molecule has 1 aromatic heterocycles. The molecule has 3 N–H and O–H groups in total. The highest BCUT2D eigenvalue weighted by atomic mass is 15.2. The van der Waals surface area contributed by atoms with E-state index in [1.165, 1.54) is 16.6 Å². The SMILES string of the molecule is Cc1cc2nc(CN3CCNCC3)n(CCN)c2cc1C. The summed E-state index contributed by atoms with van der Waals surface area (Å²) >= 11 is 0. The van der Waals surface area contributed by atoms with Crippen LogP contribution in [0.5, 0.6) is 0 Å². The summed E-state index contributed by atoms with van der Waals surface area (Å²) in [6, 6.07) is 4.44. The molecule has 0 saturated carbocycles. The molecular weight excluding hydrogens is 262 g/mol. The van der Waals surface area contributed by atoms with Gasteiger partial charge in [0.1, 0.15) is 5.82 Å². The Morgan fingerprint density at radius 1 is 1.19 bits per heavy atom. The first kappa shape index (κ1) is 14.5. The molecule has 0 bridgehead atoms. The average molecular weight is 287 g/mol. The molecule has 0 amide bonds. The molecule has 3 rings (SSSR count). The topological polar surface area (TPSA) is 59.1 Å². The number of nitrogens with two attached hydrogens (primary N) is 1. The molecule has 1 aliphatic heterocycles. The summed E-state index contributed by atoms with van der Waals surface area (Å²) in [5.41, 5.74) is 10.7. The van der Waals surface area contributed by atoms with Crippen LogP contribution in [0.4, 0.5) is 0 Å². The Hall–Kier alpha value is -1.43. The van der Waals surface area contributed by atoms with Crippen molar-refractivity contribution in [3.63, 3.8) is 0 Å². The van der Waals surface area contributed by atoms with Gasteiger partial charge in [0.2, 0.25) is 0 Å². The largest absolute Gasteiger partial charge is 0.329 e. The van der Waals surface area contributed by atoms with Gasteiger partial charge in [-0.25, -0.2) is 4.98 Å². The standard InChI is InChI=1S/C16H25N5/c1-12-9-14-15(10-13(12)2)21(6-3-17)16(19-14)11-20-7-4-18-5-8-20/h9-10,18H,3-8,11,17H2,1-2H3. The third-order valence-corrected chi connectivity index (χ3v) is 4.37. The molecule has 5 heteroatoms. The summed E-state index contributed by atoms with van der Waals surface area (Å²) in [7, 11) is 0. The predicted octanol–water partition coefficient (Wildman–Crippen LogP) is 1.02. The number of benzene rings is 1. The zero-order valence-corrected chi connectivity index (χ0v) is 13.0. The van der Waals surface area contributed by atoms with Gasteiger partial charge in [0, 0.05) is 39.3 Å². The van der Waals surface area contributed by atoms with Crippen molar-refractivity contribution in [3.8, 4) is 0 Å². The molecule has 2 heterocycles. The first-order valence-electron chi connectivity index (χ1n) is 7.78. The Kier molecular flexibility index (Phi) is 4.24. The quantitative estimate of drug-likeness (QED) is 0.881. The maximum absolute atomic E-state index is 5.81. The molecule has 21 heavy (non-hydrogen) atoms. The van der Waals surface area contributed by atoms with Crippen LogP contribution in [-0.4, -0.2) is 47.2 Å². The van der Waals surface area contributed by atoms with Crippen molar-refractivity contribution in [2.45, 2.75) is 26.9 Å². The van der Waals surface area contributed by atoms with Gasteiger partial charge in [-0.15, -0.1) is 0 Å². The number of aromatic nitrogens is 2. The predicted molar refractivity (Wildman–Crippen MR) is 86.4 cm³/mol. The highest BCUT2D eigenvalue weighted by molar-refractivity contribution is 5.78. The Morgan fingerprint density at radius 3 is 2.62 bits per heavy atom. The third-order valence-electron chi connectivity index (χ3n) is 4.37. The van der Waals surface area contributed by atoms with Gasteiger partial charge < -0.3 is 15.6 Å². The van der Waals surface area contributed by atoms with Gasteiger partial charge in [-0.2, -0.15) is 0 Å². The maximum atomic E-state index is 5.81. The Balaban J connectivity index is 1.97. The molecule has 0 radical (unpaired) electrons. The fraction of sp³-hybridized carbons (Fsp3) is 0.562. The zero-order chi connectivity index (χ0) is 14.8. The molecule has 0 atom stereocenters. The highest BCUT2D eigenvalue weighted by Gasteiger charge is 2.16. The van der Waals surface area contributed by atoms with E-state index in [0.717, 1.165) is 50.6 Å². The van der Waals surface area contributed by atoms with Crippen molar-refractivity contribution >= 4 is 11.0 Å². The van der Waals surface area contributed by atoms with Gasteiger partial charge in [-0.3, -0.25) is 4.90 Å². The van der Waals surface area contributed by atoms with E-state index in [-0.39, 0.29) is 0 Å². The summed E-state index contributed by atoms with van der Waals surface area (Å²) < 4.78 is 2.30. The van der Waals surface area contributed by atoms with Crippen molar-refractivity contribution < 1.29 is 0 Å². The molecule has 1 fully saturated rings. The molecule has 5 nitrogen and oxygen atoms in total. The summed E-state index contributed by atoms with van der Waals surface area (Å²) in [5, 5.41) is 3.39. The average Bonchev–Trinajstić information content (AvgIpc) is 2.79. The van der Waals surface area contributed by atoms with Crippen molar-refractivity contribution in [1.82, 2.24) is 19.8 Å². The first-order valence-corrected chi connectivity index (χ1v) is 7.78. The van der Waals surface area contributed by atoms with Gasteiger partial charge >= 0.3 is 0 Å². The number of hydrogen-bond donors (Lipinski definition) is 2. The van der Waals surface area contributed by atoms with Crippen LogP contribution < -0.4 is 11.1 Å². The Bertz CT molecular complexity index is 625. The normalized spacial score (nSPS) is 16.7. The van der Waals surface area contributed by atoms with E-state index in [4.69, 9.17) is 10.7 Å². The molecule has 1 aliphatic rings. The van der Waals surface area contributed by atoms with Crippen LogP contribution in [0.2, 0.25) is 0 Å². The van der Waals surface area contributed by atoms with Crippen LogP contribution in [0, 0.1) is 13.8 Å². The van der Waals surface area contributed by atoms with E-state index in [2.05, 4.69) is 40.8 Å². The molecule has 1 saturated heterocycles. The highest BCUT2D eigenvalue weighted by Crippen LogP contribution is 2.21. The van der Waals surface area contributed by atoms with Crippen LogP contribution >= 0.6 is 0 Å². The van der Waals surface area contributed by atoms with Gasteiger partial charge in [-0.1, -0.05) is 0 Å². The lowest BCUT2D eigenvalue weighted by Crippen LogP contribution is -2.43. The minimum Gasteiger partial charge on any atom is -0.329 e. The van der Waals surface area contributed by atoms with Crippen molar-refractivity contribution in [2.75, 3.05) is 32.7 Å². The summed E-state index contributed by atoms with van der Waals surface area (Å²) in [4.78, 5) is 7.34. The van der Waals surface area contributed by atoms with Crippen LogP contribution in [0.1, 0.15) is 17.0 Å². The van der Waals surface area contributed by atoms with E-state index in [1.807, 2.05) is 0 Å². The van der Waals surface area contributed by atoms with Crippen molar-refractivity contribution in [2.24, 2.45) is 5.73 Å². The molecule has 0 unspecified atom stereocenters. The van der Waals surface area contributed by atoms with Crippen molar-refractivity contribution in [1.29, 1.82) is 0 Å². The number of aryl methyl sites for hydroxylation is 2. The lowest BCUT2D eigenvalue weighted by atomic mass is 10.1. The lowest BCUT2D eigenvalue weighted by Gasteiger charge is -2.27. The zero-order valence-electron chi connectivity index (χ0n) is 13.0. The smallest absolute Gasteiger partial charge is 0.124 e. The van der Waals surface area contributed by atoms with Crippen LogP contribution in [0.15, 0.2) is 12.1 Å². The second-order valence-electron chi connectivity index (χ2n) is 5.92. The van der Waals surface area contributed by atoms with Gasteiger partial charge in [0.05, 0.1) is 17.6 Å². The fourth-order valence-corrected chi connectivity index (χ4v) is 3.00. The molecule has 2 aromatic rings. The number of fused-ring (bicyclic) bond motifs is 1. The Labute approximate surface area is 126 Å². The van der Waals surface area contributed by atoms with Crippen molar-refractivity contribution in [3.05, 3.63) is 29.1 Å². The van der Waals surface area contributed by atoms with E-state index < -0.39 is 0 Å². The van der Waals surface area contributed by atoms with Crippen LogP contribution in [-0.2, 0) is 13.1 Å². The molecule has 1 aromatic carbocycles. The molecule has 114 valence electrons. The van der Waals surface area contributed by atoms with E-state index in [1.54, 1.807) is 0 Å². The number of nitrogens with one attached hydrogen (secondary N) is 1. The number of nitrogens with zero attached hydrogens (tertiary/aromatic N) is 3. The number of hydrogen-bond acceptors (Lipinski definition) is 4. The molecular formula is C16H25N5. The maximum Gasteiger partial charge on any atom is 0.124 e. The first-order chi connectivity index (χ1) is 10.2. The van der Waals surface area contributed by atoms with E-state index >= 15 is 0 Å². The van der Waals surface area contributed by atoms with Gasteiger partial charge in [0.15, 0.2) is 0 Å². The Morgan fingerprint density at radius 2 is 1.90 bits per heavy atom. The molecule has 0 spiro atoms. The third kappa shape index (κ3) is 2.95. The lowest BCUT2D eigenvalue weighted by molar-refractivity contribution is 0.225. The number of imidazole rings is 1. The minimum absolute atomic E-state index is 0.646. The summed E-state index contributed by atoms with van der Waals surface area (Å²) in [5.74, 6) is 1.14. The van der Waals surface area contributed by atoms with Gasteiger partial charge in [-0.05, 0) is 37.1 Å². The number of rotatable bonds is 4. The second kappa shape index (κ2) is 6.13. The number of piperazine rings is 1. The fourth-order valence-electron chi connectivity index (χ4n) is 3.00.